The van der Waals surface area contributed by atoms with Gasteiger partial charge in [0.25, 0.3) is 0 Å². The highest BCUT2D eigenvalue weighted by Crippen LogP contribution is 2.31. The third kappa shape index (κ3) is 2.87. The van der Waals surface area contributed by atoms with E-state index in [0.29, 0.717) is 22.7 Å². The highest BCUT2D eigenvalue weighted by Gasteiger charge is 2.17. The Bertz CT molecular complexity index is 1550. The minimum Gasteiger partial charge on any atom is -0.397 e. The number of fused-ring (bicyclic) bond motifs is 2. The molecule has 6 aromatic heterocycles. The summed E-state index contributed by atoms with van der Waals surface area (Å²) in [6, 6.07) is 9.55. The molecule has 0 aliphatic rings. The first-order valence-electron chi connectivity index (χ1n) is 9.57. The molecule has 0 amide bonds. The number of hydrogen-bond donors (Lipinski definition) is 3. The van der Waals surface area contributed by atoms with Gasteiger partial charge in [-0.2, -0.15) is 5.10 Å². The highest BCUT2D eigenvalue weighted by molar-refractivity contribution is 5.95. The van der Waals surface area contributed by atoms with Crippen molar-refractivity contribution >= 4 is 27.8 Å². The Morgan fingerprint density at radius 1 is 0.742 bits per heavy atom. The Balaban J connectivity index is 1.51. The van der Waals surface area contributed by atoms with E-state index < -0.39 is 0 Å². The molecule has 0 spiro atoms. The lowest BCUT2D eigenvalue weighted by Gasteiger charge is -2.02. The van der Waals surface area contributed by atoms with Gasteiger partial charge in [0, 0.05) is 42.1 Å². The first kappa shape index (κ1) is 17.2. The number of nitrogen functional groups attached to an aromatic ring is 1. The SMILES string of the molecule is Nc1cncc(-c2ccc3[nH]nc(-c4nc5c(-c6ccncc6)cncc5[nH]4)c3n2)c1. The summed E-state index contributed by atoms with van der Waals surface area (Å²) in [6.07, 6.45) is 10.4. The van der Waals surface area contributed by atoms with Crippen LogP contribution in [-0.4, -0.2) is 40.1 Å². The average molecular weight is 405 g/mol. The Kier molecular flexibility index (Phi) is 3.72. The summed E-state index contributed by atoms with van der Waals surface area (Å²) in [4.78, 5) is 25.6. The van der Waals surface area contributed by atoms with E-state index in [-0.39, 0.29) is 0 Å². The summed E-state index contributed by atoms with van der Waals surface area (Å²) in [7, 11) is 0. The number of anilines is 1. The summed E-state index contributed by atoms with van der Waals surface area (Å²) in [5.74, 6) is 0.611. The van der Waals surface area contributed by atoms with Crippen LogP contribution in [0.5, 0.6) is 0 Å². The summed E-state index contributed by atoms with van der Waals surface area (Å²) >= 11 is 0. The van der Waals surface area contributed by atoms with Gasteiger partial charge in [-0.1, -0.05) is 0 Å². The number of aromatic amines is 2. The van der Waals surface area contributed by atoms with Crippen LogP contribution in [0.1, 0.15) is 0 Å². The largest absolute Gasteiger partial charge is 0.397 e. The van der Waals surface area contributed by atoms with E-state index in [2.05, 4.69) is 30.1 Å². The zero-order valence-corrected chi connectivity index (χ0v) is 16.1. The van der Waals surface area contributed by atoms with Crippen molar-refractivity contribution in [3.05, 3.63) is 67.5 Å². The third-order valence-electron chi connectivity index (χ3n) is 5.07. The van der Waals surface area contributed by atoms with E-state index in [0.717, 1.165) is 38.9 Å². The summed E-state index contributed by atoms with van der Waals surface area (Å²) in [5.41, 5.74) is 13.7. The lowest BCUT2D eigenvalue weighted by Crippen LogP contribution is -1.90. The molecule has 31 heavy (non-hydrogen) atoms. The van der Waals surface area contributed by atoms with Crippen LogP contribution in [0.4, 0.5) is 5.69 Å². The quantitative estimate of drug-likeness (QED) is 0.409. The number of aromatic nitrogens is 8. The van der Waals surface area contributed by atoms with E-state index >= 15 is 0 Å². The number of H-pyrrole nitrogens is 2. The molecular formula is C22H15N9. The maximum absolute atomic E-state index is 5.88. The number of nitrogens with zero attached hydrogens (tertiary/aromatic N) is 6. The lowest BCUT2D eigenvalue weighted by molar-refractivity contribution is 1.10. The standard InChI is InChI=1S/C22H15N9/c23-14-7-13(8-25-9-14)16-1-2-17-20(27-16)21(31-30-17)22-28-18-11-26-10-15(19(18)29-22)12-3-5-24-6-4-12/h1-11H,23H2,(H,28,29)(H,30,31). The number of rotatable bonds is 3. The van der Waals surface area contributed by atoms with Crippen molar-refractivity contribution in [1.29, 1.82) is 0 Å². The predicted octanol–water partition coefficient (Wildman–Crippen LogP) is 3.60. The van der Waals surface area contributed by atoms with Gasteiger partial charge in [-0.05, 0) is 35.9 Å². The van der Waals surface area contributed by atoms with Crippen molar-refractivity contribution in [3.8, 4) is 33.9 Å². The second kappa shape index (κ2) is 6.70. The summed E-state index contributed by atoms with van der Waals surface area (Å²) < 4.78 is 0. The van der Waals surface area contributed by atoms with Crippen LogP contribution in [0.3, 0.4) is 0 Å². The van der Waals surface area contributed by atoms with Gasteiger partial charge in [0.2, 0.25) is 0 Å². The van der Waals surface area contributed by atoms with Crippen molar-refractivity contribution in [2.45, 2.75) is 0 Å². The van der Waals surface area contributed by atoms with Crippen LogP contribution in [0.15, 0.2) is 67.5 Å². The fraction of sp³-hybridized carbons (Fsp3) is 0. The number of pyridine rings is 4. The zero-order chi connectivity index (χ0) is 20.8. The van der Waals surface area contributed by atoms with Gasteiger partial charge < -0.3 is 10.7 Å². The van der Waals surface area contributed by atoms with Crippen molar-refractivity contribution in [2.24, 2.45) is 0 Å². The Labute approximate surface area is 175 Å². The fourth-order valence-corrected chi connectivity index (χ4v) is 3.61. The maximum atomic E-state index is 5.88. The smallest absolute Gasteiger partial charge is 0.161 e. The molecule has 0 unspecified atom stereocenters. The van der Waals surface area contributed by atoms with Crippen LogP contribution in [0.2, 0.25) is 0 Å². The predicted molar refractivity (Wildman–Crippen MR) is 118 cm³/mol. The minimum absolute atomic E-state index is 0.584. The van der Waals surface area contributed by atoms with Gasteiger partial charge in [-0.15, -0.1) is 0 Å². The van der Waals surface area contributed by atoms with Crippen LogP contribution in [0.25, 0.3) is 56.0 Å². The molecule has 6 aromatic rings. The maximum Gasteiger partial charge on any atom is 0.161 e. The third-order valence-corrected chi connectivity index (χ3v) is 5.07. The molecule has 9 heteroatoms. The van der Waals surface area contributed by atoms with Crippen molar-refractivity contribution in [2.75, 3.05) is 5.73 Å². The monoisotopic (exact) mass is 405 g/mol. The van der Waals surface area contributed by atoms with Crippen molar-refractivity contribution in [1.82, 2.24) is 40.1 Å². The molecule has 0 atom stereocenters. The first-order valence-corrected chi connectivity index (χ1v) is 9.57. The van der Waals surface area contributed by atoms with E-state index in [9.17, 15) is 0 Å². The van der Waals surface area contributed by atoms with Gasteiger partial charge in [0.05, 0.1) is 34.1 Å². The molecule has 0 fully saturated rings. The van der Waals surface area contributed by atoms with Gasteiger partial charge in [0.1, 0.15) is 5.52 Å². The highest BCUT2D eigenvalue weighted by atomic mass is 15.1. The molecule has 0 aliphatic heterocycles. The molecule has 0 saturated heterocycles. The van der Waals surface area contributed by atoms with Gasteiger partial charge in [-0.3, -0.25) is 20.1 Å². The van der Waals surface area contributed by atoms with Crippen LogP contribution in [-0.2, 0) is 0 Å². The number of nitrogens with two attached hydrogens (primary N) is 1. The molecule has 6 heterocycles. The lowest BCUT2D eigenvalue weighted by atomic mass is 10.1. The summed E-state index contributed by atoms with van der Waals surface area (Å²) in [5, 5.41) is 7.49. The molecule has 0 radical (unpaired) electrons. The van der Waals surface area contributed by atoms with E-state index in [1.54, 1.807) is 37.2 Å². The van der Waals surface area contributed by atoms with Crippen molar-refractivity contribution in [3.63, 3.8) is 0 Å². The van der Waals surface area contributed by atoms with Crippen LogP contribution in [0, 0.1) is 0 Å². The molecule has 6 rings (SSSR count). The molecule has 0 aromatic carbocycles. The van der Waals surface area contributed by atoms with Gasteiger partial charge in [-0.25, -0.2) is 9.97 Å². The molecule has 4 N–H and O–H groups in total. The second-order valence-corrected chi connectivity index (χ2v) is 7.08. The molecule has 9 nitrogen and oxygen atoms in total. The van der Waals surface area contributed by atoms with E-state index in [1.165, 1.54) is 0 Å². The molecular weight excluding hydrogens is 390 g/mol. The van der Waals surface area contributed by atoms with Gasteiger partial charge >= 0.3 is 0 Å². The first-order chi connectivity index (χ1) is 15.3. The molecule has 148 valence electrons. The fourth-order valence-electron chi connectivity index (χ4n) is 3.61. The van der Waals surface area contributed by atoms with Crippen LogP contribution < -0.4 is 5.73 Å². The number of nitrogens with one attached hydrogen (secondary N) is 2. The van der Waals surface area contributed by atoms with Gasteiger partial charge in [0.15, 0.2) is 11.5 Å². The number of hydrogen-bond acceptors (Lipinski definition) is 7. The second-order valence-electron chi connectivity index (χ2n) is 7.08. The molecule has 0 saturated carbocycles. The molecule has 0 bridgehead atoms. The van der Waals surface area contributed by atoms with Crippen LogP contribution >= 0.6 is 0 Å². The topological polar surface area (TPSA) is 135 Å². The van der Waals surface area contributed by atoms with Crippen molar-refractivity contribution < 1.29 is 0 Å². The summed E-state index contributed by atoms with van der Waals surface area (Å²) in [6.45, 7) is 0. The number of imidazole rings is 1. The average Bonchev–Trinajstić information content (AvgIpc) is 3.43. The molecule has 0 aliphatic carbocycles. The zero-order valence-electron chi connectivity index (χ0n) is 16.1. The Hall–Kier alpha value is -4.66. The van der Waals surface area contributed by atoms with E-state index in [1.807, 2.05) is 30.3 Å². The minimum atomic E-state index is 0.584. The Morgan fingerprint density at radius 2 is 1.61 bits per heavy atom. The van der Waals surface area contributed by atoms with E-state index in [4.69, 9.17) is 15.7 Å². The normalized spacial score (nSPS) is 11.4. The Morgan fingerprint density at radius 3 is 2.48 bits per heavy atom.